The van der Waals surface area contributed by atoms with Gasteiger partial charge in [-0.1, -0.05) is 12.1 Å². The van der Waals surface area contributed by atoms with Gasteiger partial charge in [0, 0.05) is 12.5 Å². The molecule has 2 aliphatic rings. The molecule has 18 heavy (non-hydrogen) atoms. The third kappa shape index (κ3) is 1.64. The third-order valence-electron chi connectivity index (χ3n) is 4.00. The Morgan fingerprint density at radius 2 is 2.06 bits per heavy atom. The van der Waals surface area contributed by atoms with E-state index in [4.69, 9.17) is 9.47 Å². The zero-order valence-corrected chi connectivity index (χ0v) is 10.6. The number of benzene rings is 1. The monoisotopic (exact) mass is 247 g/mol. The highest BCUT2D eigenvalue weighted by Gasteiger charge is 2.48. The molecule has 0 radical (unpaired) electrons. The van der Waals surface area contributed by atoms with Crippen LogP contribution >= 0.6 is 0 Å². The van der Waals surface area contributed by atoms with E-state index < -0.39 is 0 Å². The molecule has 0 saturated carbocycles. The first-order valence-electron chi connectivity index (χ1n) is 6.32. The van der Waals surface area contributed by atoms with E-state index in [0.717, 1.165) is 18.7 Å². The van der Waals surface area contributed by atoms with Crippen molar-refractivity contribution in [1.29, 1.82) is 0 Å². The lowest BCUT2D eigenvalue weighted by atomic mass is 9.89. The molecular weight excluding hydrogens is 230 g/mol. The summed E-state index contributed by atoms with van der Waals surface area (Å²) < 4.78 is 10.5. The van der Waals surface area contributed by atoms with Crippen LogP contribution in [0.4, 0.5) is 4.79 Å². The molecule has 1 amide bonds. The van der Waals surface area contributed by atoms with Gasteiger partial charge in [-0.15, -0.1) is 0 Å². The smallest absolute Gasteiger partial charge is 0.410 e. The van der Waals surface area contributed by atoms with Crippen LogP contribution in [0, 0.1) is 0 Å². The number of carbonyl (C=O) groups is 1. The Bertz CT molecular complexity index is 457. The van der Waals surface area contributed by atoms with Crippen molar-refractivity contribution >= 4 is 6.09 Å². The number of hydrogen-bond donors (Lipinski definition) is 0. The second-order valence-corrected chi connectivity index (χ2v) is 4.94. The van der Waals surface area contributed by atoms with Crippen LogP contribution in [0.1, 0.15) is 24.8 Å². The van der Waals surface area contributed by atoms with E-state index >= 15 is 0 Å². The number of ether oxygens (including phenoxy) is 2. The number of amides is 1. The van der Waals surface area contributed by atoms with Gasteiger partial charge in [0.15, 0.2) is 0 Å². The SMILES string of the molecule is COc1ccc([C@H]2CCN3C(=O)O[C@H](C)[C@H]23)cc1. The molecule has 0 N–H and O–H groups in total. The molecule has 4 nitrogen and oxygen atoms in total. The lowest BCUT2D eigenvalue weighted by molar-refractivity contribution is 0.133. The molecule has 0 bridgehead atoms. The minimum Gasteiger partial charge on any atom is -0.497 e. The molecule has 4 heteroatoms. The van der Waals surface area contributed by atoms with Crippen LogP contribution in [0.15, 0.2) is 24.3 Å². The van der Waals surface area contributed by atoms with E-state index in [-0.39, 0.29) is 18.2 Å². The van der Waals surface area contributed by atoms with Crippen LogP contribution in [0.3, 0.4) is 0 Å². The maximum Gasteiger partial charge on any atom is 0.410 e. The van der Waals surface area contributed by atoms with Crippen molar-refractivity contribution in [1.82, 2.24) is 4.90 Å². The van der Waals surface area contributed by atoms with Gasteiger partial charge in [0.05, 0.1) is 13.2 Å². The normalized spacial score (nSPS) is 30.2. The highest BCUT2D eigenvalue weighted by Crippen LogP contribution is 2.40. The van der Waals surface area contributed by atoms with E-state index in [1.807, 2.05) is 24.0 Å². The fourth-order valence-corrected chi connectivity index (χ4v) is 3.12. The van der Waals surface area contributed by atoms with E-state index in [9.17, 15) is 4.79 Å². The second kappa shape index (κ2) is 4.19. The Morgan fingerprint density at radius 1 is 1.33 bits per heavy atom. The number of methoxy groups -OCH3 is 1. The van der Waals surface area contributed by atoms with Crippen molar-refractivity contribution in [2.24, 2.45) is 0 Å². The first kappa shape index (κ1) is 11.4. The maximum atomic E-state index is 11.6. The summed E-state index contributed by atoms with van der Waals surface area (Å²) >= 11 is 0. The van der Waals surface area contributed by atoms with Gasteiger partial charge in [0.1, 0.15) is 11.9 Å². The van der Waals surface area contributed by atoms with Crippen molar-refractivity contribution in [2.75, 3.05) is 13.7 Å². The molecule has 1 aromatic rings. The van der Waals surface area contributed by atoms with Gasteiger partial charge in [-0.25, -0.2) is 4.79 Å². The first-order valence-corrected chi connectivity index (χ1v) is 6.32. The number of rotatable bonds is 2. The average Bonchev–Trinajstić information content (AvgIpc) is 2.93. The molecule has 2 fully saturated rings. The molecule has 1 aromatic carbocycles. The Balaban J connectivity index is 1.86. The summed E-state index contributed by atoms with van der Waals surface area (Å²) in [5.74, 6) is 1.23. The van der Waals surface area contributed by atoms with Gasteiger partial charge < -0.3 is 14.4 Å². The van der Waals surface area contributed by atoms with Crippen molar-refractivity contribution < 1.29 is 14.3 Å². The molecule has 2 heterocycles. The van der Waals surface area contributed by atoms with Crippen LogP contribution in [0.2, 0.25) is 0 Å². The Morgan fingerprint density at radius 3 is 2.72 bits per heavy atom. The number of fused-ring (bicyclic) bond motifs is 1. The largest absolute Gasteiger partial charge is 0.497 e. The minimum absolute atomic E-state index is 0.0212. The van der Waals surface area contributed by atoms with Gasteiger partial charge in [0.25, 0.3) is 0 Å². The molecule has 3 atom stereocenters. The van der Waals surface area contributed by atoms with Crippen LogP contribution in [-0.4, -0.2) is 36.8 Å². The van der Waals surface area contributed by atoms with Gasteiger partial charge in [-0.3, -0.25) is 0 Å². The molecule has 2 saturated heterocycles. The summed E-state index contributed by atoms with van der Waals surface area (Å²) in [5, 5.41) is 0. The Kier molecular flexibility index (Phi) is 2.65. The molecule has 96 valence electrons. The van der Waals surface area contributed by atoms with Gasteiger partial charge in [0.2, 0.25) is 0 Å². The summed E-state index contributed by atoms with van der Waals surface area (Å²) in [4.78, 5) is 13.5. The molecular formula is C14H17NO3. The van der Waals surface area contributed by atoms with E-state index in [1.54, 1.807) is 7.11 Å². The molecule has 0 aromatic heterocycles. The van der Waals surface area contributed by atoms with E-state index in [1.165, 1.54) is 5.56 Å². The van der Waals surface area contributed by atoms with Crippen LogP contribution in [-0.2, 0) is 4.74 Å². The first-order chi connectivity index (χ1) is 8.70. The van der Waals surface area contributed by atoms with Crippen LogP contribution in [0.25, 0.3) is 0 Å². The number of hydrogen-bond acceptors (Lipinski definition) is 3. The summed E-state index contributed by atoms with van der Waals surface area (Å²) in [6.07, 6.45) is 0.826. The summed E-state index contributed by atoms with van der Waals surface area (Å²) in [6.45, 7) is 2.77. The predicted octanol–water partition coefficient (Wildman–Crippen LogP) is 2.39. The highest BCUT2D eigenvalue weighted by molar-refractivity contribution is 5.71. The Labute approximate surface area is 106 Å². The molecule has 2 aliphatic heterocycles. The van der Waals surface area contributed by atoms with Crippen molar-refractivity contribution in [3.05, 3.63) is 29.8 Å². The van der Waals surface area contributed by atoms with Gasteiger partial charge in [-0.05, 0) is 31.0 Å². The third-order valence-corrected chi connectivity index (χ3v) is 4.00. The summed E-state index contributed by atoms with van der Waals surface area (Å²) in [7, 11) is 1.66. The zero-order valence-electron chi connectivity index (χ0n) is 10.6. The fraction of sp³-hybridized carbons (Fsp3) is 0.500. The predicted molar refractivity (Wildman–Crippen MR) is 66.8 cm³/mol. The number of cyclic esters (lactones) is 1. The van der Waals surface area contributed by atoms with E-state index in [0.29, 0.717) is 5.92 Å². The van der Waals surface area contributed by atoms with Crippen LogP contribution < -0.4 is 4.74 Å². The Hall–Kier alpha value is -1.71. The van der Waals surface area contributed by atoms with Crippen molar-refractivity contribution in [3.63, 3.8) is 0 Å². The topological polar surface area (TPSA) is 38.8 Å². The second-order valence-electron chi connectivity index (χ2n) is 4.94. The van der Waals surface area contributed by atoms with E-state index in [2.05, 4.69) is 12.1 Å². The standard InChI is InChI=1S/C14H17NO3/c1-9-13-12(7-8-15(13)14(16)18-9)10-3-5-11(17-2)6-4-10/h3-6,9,12-13H,7-8H2,1-2H3/t9-,12-,13-/m1/s1. The number of carbonyl (C=O) groups excluding carboxylic acids is 1. The summed E-state index contributed by atoms with van der Waals surface area (Å²) in [5.41, 5.74) is 1.26. The maximum absolute atomic E-state index is 11.6. The lowest BCUT2D eigenvalue weighted by Gasteiger charge is -2.21. The minimum atomic E-state index is -0.163. The molecule has 0 spiro atoms. The molecule has 3 rings (SSSR count). The van der Waals surface area contributed by atoms with Crippen molar-refractivity contribution in [2.45, 2.75) is 31.4 Å². The van der Waals surface area contributed by atoms with Gasteiger partial charge >= 0.3 is 6.09 Å². The highest BCUT2D eigenvalue weighted by atomic mass is 16.6. The quantitative estimate of drug-likeness (QED) is 0.805. The molecule has 0 aliphatic carbocycles. The van der Waals surface area contributed by atoms with Gasteiger partial charge in [-0.2, -0.15) is 0 Å². The van der Waals surface area contributed by atoms with Crippen LogP contribution in [0.5, 0.6) is 5.75 Å². The average molecular weight is 247 g/mol. The zero-order chi connectivity index (χ0) is 12.7. The van der Waals surface area contributed by atoms with Crippen molar-refractivity contribution in [3.8, 4) is 5.75 Å². The number of nitrogens with zero attached hydrogens (tertiary/aromatic N) is 1. The fourth-order valence-electron chi connectivity index (χ4n) is 3.12. The summed E-state index contributed by atoms with van der Waals surface area (Å²) in [6, 6.07) is 8.30. The molecule has 0 unspecified atom stereocenters. The lowest BCUT2D eigenvalue weighted by Crippen LogP contribution is -2.32.